The monoisotopic (exact) mass is 441 g/mol. The number of hydrogen-bond acceptors (Lipinski definition) is 3. The smallest absolute Gasteiger partial charge is 0.251 e. The van der Waals surface area contributed by atoms with Gasteiger partial charge >= 0.3 is 0 Å². The molecule has 1 amide bonds. The predicted molar refractivity (Wildman–Crippen MR) is 124 cm³/mol. The van der Waals surface area contributed by atoms with Gasteiger partial charge in [0.25, 0.3) is 5.91 Å². The summed E-state index contributed by atoms with van der Waals surface area (Å²) in [6.07, 6.45) is 7.54. The van der Waals surface area contributed by atoms with Crippen molar-refractivity contribution in [1.29, 1.82) is 0 Å². The number of carbonyl (C=O) groups excluding carboxylic acids is 1. The summed E-state index contributed by atoms with van der Waals surface area (Å²) < 4.78 is 27.0. The summed E-state index contributed by atoms with van der Waals surface area (Å²) in [6, 6.07) is 11.0. The molecule has 0 radical (unpaired) electrons. The summed E-state index contributed by atoms with van der Waals surface area (Å²) >= 11 is 0. The van der Waals surface area contributed by atoms with Gasteiger partial charge in [0, 0.05) is 29.8 Å². The Labute approximate surface area is 189 Å². The minimum atomic E-state index is -0.609. The van der Waals surface area contributed by atoms with Gasteiger partial charge < -0.3 is 15.1 Å². The molecule has 0 spiro atoms. The van der Waals surface area contributed by atoms with Gasteiger partial charge in [-0.3, -0.25) is 4.79 Å². The Morgan fingerprint density at radius 3 is 2.34 bits per heavy atom. The van der Waals surface area contributed by atoms with Crippen LogP contribution < -0.4 is 5.32 Å². The average molecular weight is 442 g/mol. The van der Waals surface area contributed by atoms with Crippen LogP contribution in [0.3, 0.4) is 0 Å². The summed E-state index contributed by atoms with van der Waals surface area (Å²) in [4.78, 5) is 17.6. The van der Waals surface area contributed by atoms with Crippen LogP contribution in [-0.4, -0.2) is 61.0 Å². The molecule has 2 heterocycles. The van der Waals surface area contributed by atoms with E-state index in [-0.39, 0.29) is 5.91 Å². The van der Waals surface area contributed by atoms with E-state index in [1.54, 1.807) is 24.3 Å². The standard InChI is InChI=1S/C26H33F2N3O/c27-22-9-10-24(25(28)19-22)20-5-7-21(8-6-20)26(32)29-13-4-14-30-17-11-23(12-18-30)31-15-2-1-3-16-31/h5-10,19,23H,1-4,11-18H2,(H,29,32). The number of rotatable bonds is 7. The van der Waals surface area contributed by atoms with E-state index in [0.29, 0.717) is 23.2 Å². The van der Waals surface area contributed by atoms with Crippen molar-refractivity contribution in [3.8, 4) is 11.1 Å². The predicted octanol–water partition coefficient (Wildman–Crippen LogP) is 4.70. The van der Waals surface area contributed by atoms with Crippen molar-refractivity contribution in [2.45, 2.75) is 44.6 Å². The number of halogens is 2. The summed E-state index contributed by atoms with van der Waals surface area (Å²) in [5, 5.41) is 2.98. The Bertz CT molecular complexity index is 888. The van der Waals surface area contributed by atoms with Crippen LogP contribution in [0.5, 0.6) is 0 Å². The van der Waals surface area contributed by atoms with Crippen molar-refractivity contribution in [3.63, 3.8) is 0 Å². The van der Waals surface area contributed by atoms with Crippen molar-refractivity contribution in [3.05, 3.63) is 59.7 Å². The van der Waals surface area contributed by atoms with E-state index in [9.17, 15) is 13.6 Å². The van der Waals surface area contributed by atoms with Crippen LogP contribution in [0.15, 0.2) is 42.5 Å². The third-order valence-corrected chi connectivity index (χ3v) is 6.79. The molecule has 4 rings (SSSR count). The third kappa shape index (κ3) is 5.93. The first-order valence-corrected chi connectivity index (χ1v) is 11.9. The van der Waals surface area contributed by atoms with E-state index in [0.717, 1.165) is 38.2 Å². The van der Waals surface area contributed by atoms with Gasteiger partial charge in [0.1, 0.15) is 11.6 Å². The van der Waals surface area contributed by atoms with Gasteiger partial charge in [-0.25, -0.2) is 8.78 Å². The molecule has 2 fully saturated rings. The molecule has 2 aromatic carbocycles. The van der Waals surface area contributed by atoms with Crippen LogP contribution >= 0.6 is 0 Å². The molecule has 172 valence electrons. The molecule has 32 heavy (non-hydrogen) atoms. The highest BCUT2D eigenvalue weighted by molar-refractivity contribution is 5.94. The van der Waals surface area contributed by atoms with Crippen LogP contribution in [0.2, 0.25) is 0 Å². The summed E-state index contributed by atoms with van der Waals surface area (Å²) in [5.74, 6) is -1.34. The van der Waals surface area contributed by atoms with Gasteiger partial charge in [-0.2, -0.15) is 0 Å². The fraction of sp³-hybridized carbons (Fsp3) is 0.500. The van der Waals surface area contributed by atoms with Crippen LogP contribution in [-0.2, 0) is 0 Å². The third-order valence-electron chi connectivity index (χ3n) is 6.79. The highest BCUT2D eigenvalue weighted by Crippen LogP contribution is 2.24. The summed E-state index contributed by atoms with van der Waals surface area (Å²) in [6.45, 7) is 6.50. The topological polar surface area (TPSA) is 35.6 Å². The first-order valence-electron chi connectivity index (χ1n) is 11.9. The van der Waals surface area contributed by atoms with Gasteiger partial charge in [0.05, 0.1) is 0 Å². The van der Waals surface area contributed by atoms with Gasteiger partial charge in [-0.05, 0) is 94.7 Å². The molecule has 4 nitrogen and oxygen atoms in total. The van der Waals surface area contributed by atoms with Crippen molar-refractivity contribution in [2.24, 2.45) is 0 Å². The number of hydrogen-bond donors (Lipinski definition) is 1. The van der Waals surface area contributed by atoms with Crippen molar-refractivity contribution in [2.75, 3.05) is 39.3 Å². The number of likely N-dealkylation sites (tertiary alicyclic amines) is 2. The molecule has 2 aliphatic rings. The molecule has 0 unspecified atom stereocenters. The lowest BCUT2D eigenvalue weighted by atomic mass is 10.00. The zero-order chi connectivity index (χ0) is 22.3. The quantitative estimate of drug-likeness (QED) is 0.633. The Hall–Kier alpha value is -2.31. The molecule has 0 saturated carbocycles. The Balaban J connectivity index is 1.17. The molecular formula is C26H33F2N3O. The van der Waals surface area contributed by atoms with E-state index < -0.39 is 11.6 Å². The van der Waals surface area contributed by atoms with Crippen LogP contribution in [0.4, 0.5) is 8.78 Å². The highest BCUT2D eigenvalue weighted by Gasteiger charge is 2.25. The van der Waals surface area contributed by atoms with Crippen molar-refractivity contribution in [1.82, 2.24) is 15.1 Å². The van der Waals surface area contributed by atoms with E-state index in [1.165, 1.54) is 57.3 Å². The fourth-order valence-electron chi connectivity index (χ4n) is 4.92. The minimum absolute atomic E-state index is 0.125. The Morgan fingerprint density at radius 2 is 1.66 bits per heavy atom. The molecule has 6 heteroatoms. The van der Waals surface area contributed by atoms with Gasteiger partial charge in [0.15, 0.2) is 0 Å². The summed E-state index contributed by atoms with van der Waals surface area (Å²) in [7, 11) is 0. The highest BCUT2D eigenvalue weighted by atomic mass is 19.1. The second-order valence-electron chi connectivity index (χ2n) is 8.98. The van der Waals surface area contributed by atoms with Crippen molar-refractivity contribution < 1.29 is 13.6 Å². The molecule has 0 aromatic heterocycles. The van der Waals surface area contributed by atoms with Crippen LogP contribution in [0.1, 0.15) is 48.9 Å². The van der Waals surface area contributed by atoms with Gasteiger partial charge in [-0.15, -0.1) is 0 Å². The second kappa shape index (κ2) is 11.0. The molecule has 2 saturated heterocycles. The van der Waals surface area contributed by atoms with Gasteiger partial charge in [-0.1, -0.05) is 18.6 Å². The zero-order valence-electron chi connectivity index (χ0n) is 18.7. The Morgan fingerprint density at radius 1 is 0.938 bits per heavy atom. The maximum atomic E-state index is 13.9. The van der Waals surface area contributed by atoms with E-state index in [1.807, 2.05) is 0 Å². The van der Waals surface area contributed by atoms with Crippen molar-refractivity contribution >= 4 is 5.91 Å². The lowest BCUT2D eigenvalue weighted by Gasteiger charge is -2.40. The van der Waals surface area contributed by atoms with E-state index >= 15 is 0 Å². The first-order chi connectivity index (χ1) is 15.6. The SMILES string of the molecule is O=C(NCCCN1CCC(N2CCCCC2)CC1)c1ccc(-c2ccc(F)cc2F)cc1. The Kier molecular flexibility index (Phi) is 7.87. The maximum Gasteiger partial charge on any atom is 0.251 e. The fourth-order valence-corrected chi connectivity index (χ4v) is 4.92. The van der Waals surface area contributed by atoms with Crippen LogP contribution in [0.25, 0.3) is 11.1 Å². The van der Waals surface area contributed by atoms with Crippen LogP contribution in [0, 0.1) is 11.6 Å². The second-order valence-corrected chi connectivity index (χ2v) is 8.98. The number of nitrogens with zero attached hydrogens (tertiary/aromatic N) is 2. The number of amides is 1. The van der Waals surface area contributed by atoms with Gasteiger partial charge in [0.2, 0.25) is 0 Å². The number of carbonyl (C=O) groups is 1. The summed E-state index contributed by atoms with van der Waals surface area (Å²) in [5.41, 5.74) is 1.48. The zero-order valence-corrected chi connectivity index (χ0v) is 18.7. The first kappa shape index (κ1) is 22.9. The average Bonchev–Trinajstić information content (AvgIpc) is 2.83. The molecule has 1 N–H and O–H groups in total. The number of nitrogens with one attached hydrogen (secondary N) is 1. The maximum absolute atomic E-state index is 13.9. The molecule has 0 atom stereocenters. The number of piperidine rings is 2. The largest absolute Gasteiger partial charge is 0.352 e. The molecule has 0 aliphatic carbocycles. The van der Waals surface area contributed by atoms with E-state index in [2.05, 4.69) is 15.1 Å². The lowest BCUT2D eigenvalue weighted by Crippen LogP contribution is -2.47. The molecule has 2 aliphatic heterocycles. The minimum Gasteiger partial charge on any atom is -0.352 e. The lowest BCUT2D eigenvalue weighted by molar-refractivity contribution is 0.0903. The normalized spacial score (nSPS) is 18.6. The van der Waals surface area contributed by atoms with E-state index in [4.69, 9.17) is 0 Å². The molecule has 0 bridgehead atoms. The molecule has 2 aromatic rings. The number of benzene rings is 2. The molecular weight excluding hydrogens is 408 g/mol.